The fourth-order valence-corrected chi connectivity index (χ4v) is 9.25. The van der Waals surface area contributed by atoms with Crippen molar-refractivity contribution in [1.82, 2.24) is 0 Å². The number of nitrogens with two attached hydrogens (primary N) is 2. The van der Waals surface area contributed by atoms with Gasteiger partial charge in [0.05, 0.1) is 0 Å². The molecule has 0 aliphatic heterocycles. The molecule has 4 nitrogen and oxygen atoms in total. The molecule has 4 aromatic carbocycles. The number of anilines is 2. The molecule has 4 aromatic rings. The standard InChI is InChI=1S/C49H66N2O2/c1-2-3-4-5-6-7-8-9-10-11-38-12-14-39(15-13-38)16-17-40-34-36-49(37-35-40,41-18-26-45(27-19-41)52-47-30-22-43(50)23-31-47)42-20-28-46(29-21-42)53-48-32-24-44(51)25-33-48/h18-33,38-40H,2-17,34-37,50-51H2,1H3. The summed E-state index contributed by atoms with van der Waals surface area (Å²) in [5, 5.41) is 0. The third kappa shape index (κ3) is 11.5. The number of benzene rings is 4. The maximum absolute atomic E-state index is 6.17. The Morgan fingerprint density at radius 2 is 0.774 bits per heavy atom. The van der Waals surface area contributed by atoms with Crippen molar-refractivity contribution < 1.29 is 9.47 Å². The van der Waals surface area contributed by atoms with Gasteiger partial charge in [-0.15, -0.1) is 0 Å². The first kappa shape index (κ1) is 38.8. The van der Waals surface area contributed by atoms with Gasteiger partial charge < -0.3 is 20.9 Å². The highest BCUT2D eigenvalue weighted by atomic mass is 16.5. The molecular weight excluding hydrogens is 649 g/mol. The van der Waals surface area contributed by atoms with E-state index in [9.17, 15) is 0 Å². The van der Waals surface area contributed by atoms with E-state index in [1.165, 1.54) is 140 Å². The number of ether oxygens (including phenoxy) is 2. The van der Waals surface area contributed by atoms with Crippen LogP contribution in [0.5, 0.6) is 23.0 Å². The second kappa shape index (κ2) is 20.0. The van der Waals surface area contributed by atoms with Gasteiger partial charge in [-0.05, 0) is 127 Å². The molecule has 0 saturated heterocycles. The third-order valence-corrected chi connectivity index (χ3v) is 12.7. The summed E-state index contributed by atoms with van der Waals surface area (Å²) in [5.74, 6) is 6.05. The number of unbranched alkanes of at least 4 members (excludes halogenated alkanes) is 8. The molecule has 0 aromatic heterocycles. The first-order valence-electron chi connectivity index (χ1n) is 21.3. The van der Waals surface area contributed by atoms with Crippen LogP contribution in [0.25, 0.3) is 0 Å². The van der Waals surface area contributed by atoms with Crippen molar-refractivity contribution in [3.8, 4) is 23.0 Å². The van der Waals surface area contributed by atoms with Crippen molar-refractivity contribution in [3.05, 3.63) is 108 Å². The van der Waals surface area contributed by atoms with E-state index in [4.69, 9.17) is 20.9 Å². The highest BCUT2D eigenvalue weighted by molar-refractivity contribution is 5.47. The molecule has 0 bridgehead atoms. The lowest BCUT2D eigenvalue weighted by Gasteiger charge is -2.42. The summed E-state index contributed by atoms with van der Waals surface area (Å²) in [5.41, 5.74) is 16.0. The van der Waals surface area contributed by atoms with Crippen molar-refractivity contribution >= 4 is 11.4 Å². The van der Waals surface area contributed by atoms with Crippen LogP contribution in [0.3, 0.4) is 0 Å². The molecule has 0 atom stereocenters. The summed E-state index contributed by atoms with van der Waals surface area (Å²) in [6, 6.07) is 32.9. The van der Waals surface area contributed by atoms with Crippen LogP contribution >= 0.6 is 0 Å². The van der Waals surface area contributed by atoms with Crippen LogP contribution in [0.1, 0.15) is 146 Å². The van der Waals surface area contributed by atoms with Gasteiger partial charge in [0.1, 0.15) is 23.0 Å². The van der Waals surface area contributed by atoms with Gasteiger partial charge in [0.15, 0.2) is 0 Å². The summed E-state index contributed by atoms with van der Waals surface area (Å²) in [7, 11) is 0. The fourth-order valence-electron chi connectivity index (χ4n) is 9.25. The molecule has 0 amide bonds. The molecule has 284 valence electrons. The van der Waals surface area contributed by atoms with Gasteiger partial charge in [0.2, 0.25) is 0 Å². The number of rotatable bonds is 19. The maximum Gasteiger partial charge on any atom is 0.127 e. The Morgan fingerprint density at radius 3 is 1.19 bits per heavy atom. The molecule has 0 spiro atoms. The van der Waals surface area contributed by atoms with Gasteiger partial charge in [-0.1, -0.05) is 134 Å². The van der Waals surface area contributed by atoms with E-state index in [1.54, 1.807) is 0 Å². The summed E-state index contributed by atoms with van der Waals surface area (Å²) in [4.78, 5) is 0. The van der Waals surface area contributed by atoms with Crippen molar-refractivity contribution in [3.63, 3.8) is 0 Å². The average molecular weight is 715 g/mol. The monoisotopic (exact) mass is 715 g/mol. The van der Waals surface area contributed by atoms with Crippen LogP contribution in [0.15, 0.2) is 97.1 Å². The van der Waals surface area contributed by atoms with E-state index in [-0.39, 0.29) is 5.41 Å². The molecule has 0 unspecified atom stereocenters. The molecule has 2 aliphatic rings. The van der Waals surface area contributed by atoms with Gasteiger partial charge in [-0.2, -0.15) is 0 Å². The van der Waals surface area contributed by atoms with E-state index in [1.807, 2.05) is 48.5 Å². The highest BCUT2D eigenvalue weighted by Gasteiger charge is 2.38. The molecule has 4 heteroatoms. The molecule has 2 saturated carbocycles. The molecule has 0 heterocycles. The van der Waals surface area contributed by atoms with Gasteiger partial charge in [-0.25, -0.2) is 0 Å². The van der Waals surface area contributed by atoms with Crippen LogP contribution in [0.2, 0.25) is 0 Å². The topological polar surface area (TPSA) is 70.5 Å². The Morgan fingerprint density at radius 1 is 0.434 bits per heavy atom. The van der Waals surface area contributed by atoms with Gasteiger partial charge in [0.25, 0.3) is 0 Å². The zero-order valence-corrected chi connectivity index (χ0v) is 32.6. The van der Waals surface area contributed by atoms with Crippen molar-refractivity contribution in [2.75, 3.05) is 11.5 Å². The van der Waals surface area contributed by atoms with Crippen LogP contribution in [-0.2, 0) is 5.41 Å². The van der Waals surface area contributed by atoms with Crippen molar-refractivity contribution in [2.45, 2.75) is 141 Å². The minimum absolute atomic E-state index is 0.0247. The molecular formula is C49H66N2O2. The first-order valence-corrected chi connectivity index (χ1v) is 21.3. The Hall–Kier alpha value is -3.92. The Kier molecular flexibility index (Phi) is 14.6. The summed E-state index contributed by atoms with van der Waals surface area (Å²) in [6.45, 7) is 2.31. The summed E-state index contributed by atoms with van der Waals surface area (Å²) in [6.07, 6.45) is 28.0. The minimum Gasteiger partial charge on any atom is -0.457 e. The van der Waals surface area contributed by atoms with E-state index in [0.29, 0.717) is 0 Å². The molecule has 2 aliphatic carbocycles. The van der Waals surface area contributed by atoms with Gasteiger partial charge >= 0.3 is 0 Å². The molecule has 4 N–H and O–H groups in total. The maximum atomic E-state index is 6.17. The summed E-state index contributed by atoms with van der Waals surface area (Å²) < 4.78 is 12.3. The zero-order valence-electron chi connectivity index (χ0n) is 32.6. The number of nitrogen functional groups attached to an aromatic ring is 2. The number of hydrogen-bond acceptors (Lipinski definition) is 4. The second-order valence-electron chi connectivity index (χ2n) is 16.5. The minimum atomic E-state index is -0.0247. The molecule has 0 radical (unpaired) electrons. The van der Waals surface area contributed by atoms with Crippen molar-refractivity contribution in [2.24, 2.45) is 17.8 Å². The zero-order chi connectivity index (χ0) is 36.7. The lowest BCUT2D eigenvalue weighted by molar-refractivity contribution is 0.208. The average Bonchev–Trinajstić information content (AvgIpc) is 3.19. The van der Waals surface area contributed by atoms with Crippen LogP contribution in [-0.4, -0.2) is 0 Å². The normalized spacial score (nSPS) is 18.8. The van der Waals surface area contributed by atoms with Crippen molar-refractivity contribution in [1.29, 1.82) is 0 Å². The van der Waals surface area contributed by atoms with Crippen LogP contribution in [0, 0.1) is 17.8 Å². The Balaban J connectivity index is 1.01. The predicted molar refractivity (Wildman–Crippen MR) is 224 cm³/mol. The van der Waals surface area contributed by atoms with E-state index in [2.05, 4.69) is 55.5 Å². The SMILES string of the molecule is CCCCCCCCCCCC1CCC(CCC2CCC(c3ccc(Oc4ccc(N)cc4)cc3)(c3ccc(Oc4ccc(N)cc4)cc3)CC2)CC1. The largest absolute Gasteiger partial charge is 0.457 e. The van der Waals surface area contributed by atoms with E-state index >= 15 is 0 Å². The third-order valence-electron chi connectivity index (χ3n) is 12.7. The fraction of sp³-hybridized carbons (Fsp3) is 0.510. The highest BCUT2D eigenvalue weighted by Crippen LogP contribution is 2.49. The Labute approximate surface area is 321 Å². The van der Waals surface area contributed by atoms with Crippen LogP contribution in [0.4, 0.5) is 11.4 Å². The molecule has 6 rings (SSSR count). The number of hydrogen-bond donors (Lipinski definition) is 2. The molecule has 53 heavy (non-hydrogen) atoms. The molecule has 2 fully saturated rings. The lowest BCUT2D eigenvalue weighted by Crippen LogP contribution is -2.33. The lowest BCUT2D eigenvalue weighted by atomic mass is 9.62. The smallest absolute Gasteiger partial charge is 0.127 e. The quantitative estimate of drug-likeness (QED) is 0.0749. The van der Waals surface area contributed by atoms with Gasteiger partial charge in [-0.3, -0.25) is 0 Å². The summed E-state index contributed by atoms with van der Waals surface area (Å²) >= 11 is 0. The first-order chi connectivity index (χ1) is 26.0. The Bertz CT molecular complexity index is 1500. The van der Waals surface area contributed by atoms with E-state index < -0.39 is 0 Å². The second-order valence-corrected chi connectivity index (χ2v) is 16.5. The van der Waals surface area contributed by atoms with E-state index in [0.717, 1.165) is 52.1 Å². The van der Waals surface area contributed by atoms with Crippen LogP contribution < -0.4 is 20.9 Å². The predicted octanol–water partition coefficient (Wildman–Crippen LogP) is 14.4. The van der Waals surface area contributed by atoms with Gasteiger partial charge in [0, 0.05) is 16.8 Å².